The van der Waals surface area contributed by atoms with Crippen molar-refractivity contribution in [2.45, 2.75) is 39.0 Å². The average Bonchev–Trinajstić information content (AvgIpc) is 3.37. The van der Waals surface area contributed by atoms with Crippen LogP contribution in [0.2, 0.25) is 0 Å². The van der Waals surface area contributed by atoms with Crippen LogP contribution in [0.3, 0.4) is 0 Å². The summed E-state index contributed by atoms with van der Waals surface area (Å²) in [6.45, 7) is 2.66. The van der Waals surface area contributed by atoms with E-state index >= 15 is 0 Å². The number of nitrogens with zero attached hydrogens (tertiary/aromatic N) is 4. The van der Waals surface area contributed by atoms with Crippen LogP contribution >= 0.6 is 0 Å². The second-order valence-electron chi connectivity index (χ2n) is 9.74. The second kappa shape index (κ2) is 11.1. The lowest BCUT2D eigenvalue weighted by Gasteiger charge is -2.41. The van der Waals surface area contributed by atoms with E-state index in [0.29, 0.717) is 25.2 Å². The summed E-state index contributed by atoms with van der Waals surface area (Å²) in [4.78, 5) is 26.3. The third kappa shape index (κ3) is 5.70. The van der Waals surface area contributed by atoms with E-state index in [9.17, 15) is 13.6 Å². The number of piperazine rings is 1. The minimum atomic E-state index is -2.90. The van der Waals surface area contributed by atoms with Gasteiger partial charge in [0.25, 0.3) is 0 Å². The predicted octanol–water partition coefficient (Wildman–Crippen LogP) is 5.14. The van der Waals surface area contributed by atoms with Crippen LogP contribution in [0.5, 0.6) is 5.75 Å². The number of carbonyl (C=O) groups is 1. The van der Waals surface area contributed by atoms with Gasteiger partial charge in [0.2, 0.25) is 0 Å². The first-order valence-corrected chi connectivity index (χ1v) is 12.8. The standard InChI is InChI=1S/C30H29F2N5O2/c1-4-21-8-10-22(11-9-21)24-15-26-27(16-24)33-18-34-28(26)36-12-13-37(19(2)17-36)30(38)35-20(3)23-6-5-7-25(14-23)39-29(31)32/h1,5-11,14-15,18-20,29H,12-13,16-17H2,2-3H3,(H,35,38)/t19-,20+/m1/s1. The van der Waals surface area contributed by atoms with Crippen LogP contribution in [0, 0.1) is 12.3 Å². The Morgan fingerprint density at radius 1 is 1.18 bits per heavy atom. The van der Waals surface area contributed by atoms with Gasteiger partial charge in [-0.25, -0.2) is 14.8 Å². The van der Waals surface area contributed by atoms with Crippen LogP contribution in [0.25, 0.3) is 11.6 Å². The smallest absolute Gasteiger partial charge is 0.387 e. The molecule has 2 aliphatic rings. The zero-order chi connectivity index (χ0) is 27.5. The first kappa shape index (κ1) is 26.2. The van der Waals surface area contributed by atoms with Crippen molar-refractivity contribution < 1.29 is 18.3 Å². The summed E-state index contributed by atoms with van der Waals surface area (Å²) in [5.41, 5.74) is 5.79. The van der Waals surface area contributed by atoms with Gasteiger partial charge in [0.1, 0.15) is 17.9 Å². The third-order valence-corrected chi connectivity index (χ3v) is 7.16. The summed E-state index contributed by atoms with van der Waals surface area (Å²) in [6, 6.07) is 13.6. The van der Waals surface area contributed by atoms with Crippen molar-refractivity contribution in [2.75, 3.05) is 24.5 Å². The molecule has 1 N–H and O–H groups in total. The molecule has 7 nitrogen and oxygen atoms in total. The largest absolute Gasteiger partial charge is 0.435 e. The topological polar surface area (TPSA) is 70.6 Å². The van der Waals surface area contributed by atoms with E-state index in [1.807, 2.05) is 38.1 Å². The number of hydrogen-bond donors (Lipinski definition) is 1. The van der Waals surface area contributed by atoms with Gasteiger partial charge in [-0.15, -0.1) is 6.42 Å². The van der Waals surface area contributed by atoms with Gasteiger partial charge in [-0.1, -0.05) is 30.2 Å². The quantitative estimate of drug-likeness (QED) is 0.448. The molecule has 2 heterocycles. The lowest BCUT2D eigenvalue weighted by molar-refractivity contribution is -0.0499. The van der Waals surface area contributed by atoms with Gasteiger partial charge in [0.15, 0.2) is 0 Å². The van der Waals surface area contributed by atoms with Crippen molar-refractivity contribution >= 4 is 23.5 Å². The molecule has 0 radical (unpaired) electrons. The van der Waals surface area contributed by atoms with E-state index in [4.69, 9.17) is 6.42 Å². The van der Waals surface area contributed by atoms with Gasteiger partial charge in [-0.05, 0) is 60.9 Å². The van der Waals surface area contributed by atoms with Crippen LogP contribution in [-0.2, 0) is 6.42 Å². The number of alkyl halides is 2. The molecule has 9 heteroatoms. The number of fused-ring (bicyclic) bond motifs is 1. The number of hydrogen-bond acceptors (Lipinski definition) is 5. The molecule has 1 saturated heterocycles. The Labute approximate surface area is 226 Å². The average molecular weight is 530 g/mol. The fourth-order valence-electron chi connectivity index (χ4n) is 5.10. The Morgan fingerprint density at radius 2 is 1.97 bits per heavy atom. The van der Waals surface area contributed by atoms with Gasteiger partial charge < -0.3 is 19.9 Å². The van der Waals surface area contributed by atoms with Gasteiger partial charge in [-0.2, -0.15) is 8.78 Å². The molecule has 0 unspecified atom stereocenters. The number of amides is 2. The van der Waals surface area contributed by atoms with Crippen LogP contribution < -0.4 is 15.0 Å². The van der Waals surface area contributed by atoms with E-state index in [2.05, 4.69) is 36.9 Å². The molecule has 5 rings (SSSR count). The lowest BCUT2D eigenvalue weighted by atomic mass is 10.0. The molecule has 1 aliphatic carbocycles. The van der Waals surface area contributed by atoms with Crippen molar-refractivity contribution in [1.29, 1.82) is 0 Å². The molecule has 0 bridgehead atoms. The summed E-state index contributed by atoms with van der Waals surface area (Å²) >= 11 is 0. The number of rotatable bonds is 6. The molecule has 1 fully saturated rings. The predicted molar refractivity (Wildman–Crippen MR) is 146 cm³/mol. The summed E-state index contributed by atoms with van der Waals surface area (Å²) in [6.07, 6.45) is 9.96. The molecule has 2 atom stereocenters. The fraction of sp³-hybridized carbons (Fsp3) is 0.300. The number of allylic oxidation sites excluding steroid dienone is 1. The molecule has 200 valence electrons. The Kier molecular flexibility index (Phi) is 7.46. The number of nitrogens with one attached hydrogen (secondary N) is 1. The number of carbonyl (C=O) groups excluding carboxylic acids is 1. The van der Waals surface area contributed by atoms with Crippen LogP contribution in [0.1, 0.15) is 47.8 Å². The first-order valence-electron chi connectivity index (χ1n) is 12.8. The maximum Gasteiger partial charge on any atom is 0.387 e. The molecule has 2 amide bonds. The monoisotopic (exact) mass is 529 g/mol. The molecule has 0 spiro atoms. The van der Waals surface area contributed by atoms with Crippen molar-refractivity contribution in [2.24, 2.45) is 0 Å². The fourth-order valence-corrected chi connectivity index (χ4v) is 5.10. The third-order valence-electron chi connectivity index (χ3n) is 7.16. The molecule has 39 heavy (non-hydrogen) atoms. The van der Waals surface area contributed by atoms with E-state index in [1.165, 1.54) is 17.7 Å². The highest BCUT2D eigenvalue weighted by molar-refractivity contribution is 5.91. The van der Waals surface area contributed by atoms with Crippen LogP contribution in [0.15, 0.2) is 54.9 Å². The molecule has 2 aromatic carbocycles. The summed E-state index contributed by atoms with van der Waals surface area (Å²) in [7, 11) is 0. The molecule has 1 aliphatic heterocycles. The number of anilines is 1. The van der Waals surface area contributed by atoms with Gasteiger partial charge >= 0.3 is 12.6 Å². The number of urea groups is 1. The van der Waals surface area contributed by atoms with Crippen molar-refractivity contribution in [3.05, 3.63) is 82.8 Å². The summed E-state index contributed by atoms with van der Waals surface area (Å²) in [5, 5.41) is 2.98. The summed E-state index contributed by atoms with van der Waals surface area (Å²) in [5.74, 6) is 3.57. The van der Waals surface area contributed by atoms with Crippen molar-refractivity contribution in [1.82, 2.24) is 20.2 Å². The number of aromatic nitrogens is 2. The molecule has 0 saturated carbocycles. The zero-order valence-corrected chi connectivity index (χ0v) is 21.8. The van der Waals surface area contributed by atoms with Crippen molar-refractivity contribution in [3.8, 4) is 18.1 Å². The first-order chi connectivity index (χ1) is 18.8. The van der Waals surface area contributed by atoms with Gasteiger partial charge in [0.05, 0.1) is 11.7 Å². The van der Waals surface area contributed by atoms with Crippen molar-refractivity contribution in [3.63, 3.8) is 0 Å². The highest BCUT2D eigenvalue weighted by Crippen LogP contribution is 2.35. The van der Waals surface area contributed by atoms with Gasteiger partial charge in [-0.3, -0.25) is 0 Å². The number of benzene rings is 2. The minimum absolute atomic E-state index is 0.0600. The Bertz CT molecular complexity index is 1430. The Balaban J connectivity index is 1.25. The number of terminal acetylenes is 1. The SMILES string of the molecule is C#Cc1ccc(C2=Cc3c(ncnc3N3CCN(C(=O)N[C@@H](C)c4cccc(OC(F)F)c4)[C@H](C)C3)C2)cc1. The van der Waals surface area contributed by atoms with E-state index in [-0.39, 0.29) is 23.9 Å². The summed E-state index contributed by atoms with van der Waals surface area (Å²) < 4.78 is 29.6. The molecule has 1 aromatic heterocycles. The molecular weight excluding hydrogens is 500 g/mol. The number of ether oxygens (including phenoxy) is 1. The second-order valence-corrected chi connectivity index (χ2v) is 9.74. The highest BCUT2D eigenvalue weighted by atomic mass is 19.3. The lowest BCUT2D eigenvalue weighted by Crippen LogP contribution is -2.57. The Morgan fingerprint density at radius 3 is 2.69 bits per heavy atom. The zero-order valence-electron chi connectivity index (χ0n) is 21.8. The van der Waals surface area contributed by atoms with E-state index in [0.717, 1.165) is 34.6 Å². The molecular formula is C30H29F2N5O2. The van der Waals surface area contributed by atoms with Gasteiger partial charge in [0, 0.05) is 43.2 Å². The minimum Gasteiger partial charge on any atom is -0.435 e. The number of halogens is 2. The highest BCUT2D eigenvalue weighted by Gasteiger charge is 2.31. The van der Waals surface area contributed by atoms with Crippen LogP contribution in [-0.4, -0.2) is 53.2 Å². The van der Waals surface area contributed by atoms with E-state index in [1.54, 1.807) is 23.4 Å². The maximum atomic E-state index is 13.1. The maximum absolute atomic E-state index is 13.1. The molecule has 3 aromatic rings. The normalized spacial score (nSPS) is 17.3. The Hall–Kier alpha value is -4.45. The van der Waals surface area contributed by atoms with Crippen LogP contribution in [0.4, 0.5) is 19.4 Å². The van der Waals surface area contributed by atoms with E-state index < -0.39 is 6.61 Å².